The minimum atomic E-state index is 0.933. The van der Waals surface area contributed by atoms with Gasteiger partial charge in [0.15, 0.2) is 0 Å². The second-order valence-electron chi connectivity index (χ2n) is 1.68. The van der Waals surface area contributed by atoms with Crippen LogP contribution in [0.5, 0.6) is 0 Å². The van der Waals surface area contributed by atoms with Crippen molar-refractivity contribution in [2.24, 2.45) is 0 Å². The summed E-state index contributed by atoms with van der Waals surface area (Å²) in [4.78, 5) is 1.09. The Labute approximate surface area is 57.4 Å². The second-order valence-corrected chi connectivity index (χ2v) is 2.45. The van der Waals surface area contributed by atoms with Crippen LogP contribution in [0.1, 0.15) is 0 Å². The van der Waals surface area contributed by atoms with E-state index in [0.29, 0.717) is 0 Å². The lowest BCUT2D eigenvalue weighted by Gasteiger charge is -1.89. The predicted octanol–water partition coefficient (Wildman–Crippen LogP) is 1.85. The number of hydrogen-bond acceptors (Lipinski definition) is 3. The molecule has 9 heavy (non-hydrogen) atoms. The molecule has 1 radical (unpaired) electrons. The van der Waals surface area contributed by atoms with Gasteiger partial charge in [0.05, 0.1) is 22.6 Å². The van der Waals surface area contributed by atoms with Crippen molar-refractivity contribution in [1.29, 1.82) is 0 Å². The van der Waals surface area contributed by atoms with Crippen LogP contribution in [0.15, 0.2) is 23.1 Å². The van der Waals surface area contributed by atoms with Gasteiger partial charge in [-0.2, -0.15) is 4.28 Å². The molecule has 0 saturated carbocycles. The average Bonchev–Trinajstić information content (AvgIpc) is 2.33. The monoisotopic (exact) mass is 138 g/mol. The Morgan fingerprint density at radius 3 is 3.56 bits per heavy atom. The van der Waals surface area contributed by atoms with Gasteiger partial charge in [-0.1, -0.05) is 12.1 Å². The molecule has 1 aromatic carbocycles. The molecule has 2 rings (SSSR count). The molecule has 0 bridgehead atoms. The molecule has 1 heterocycles. The smallest absolute Gasteiger partial charge is 0.0855 e. The van der Waals surface area contributed by atoms with Crippen LogP contribution >= 0.6 is 12.0 Å². The van der Waals surface area contributed by atoms with E-state index in [1.165, 1.54) is 12.0 Å². The fraction of sp³-hybridized carbons (Fsp3) is 0. The largest absolute Gasteiger partial charge is 0.252 e. The Balaban J connectivity index is 2.54. The Morgan fingerprint density at radius 2 is 2.67 bits per heavy atom. The summed E-state index contributed by atoms with van der Waals surface area (Å²) in [6.45, 7) is 0. The van der Waals surface area contributed by atoms with Gasteiger partial charge in [-0.05, 0) is 6.07 Å². The van der Waals surface area contributed by atoms with Gasteiger partial charge in [-0.15, -0.1) is 0 Å². The summed E-state index contributed by atoms with van der Waals surface area (Å²) in [5, 5.41) is 0. The van der Waals surface area contributed by atoms with Crippen LogP contribution in [0, 0.1) is 6.07 Å². The van der Waals surface area contributed by atoms with E-state index in [2.05, 4.69) is 11.5 Å². The third-order valence-corrected chi connectivity index (χ3v) is 1.78. The molecule has 45 valence electrons. The average molecular weight is 138 g/mol. The summed E-state index contributed by atoms with van der Waals surface area (Å²) in [6, 6.07) is 8.76. The summed E-state index contributed by atoms with van der Waals surface area (Å²) >= 11 is 1.33. The predicted molar refractivity (Wildman–Crippen MR) is 35.8 cm³/mol. The number of hydrogen-bond donors (Lipinski definition) is 1. The molecule has 1 aliphatic heterocycles. The zero-order valence-corrected chi connectivity index (χ0v) is 5.37. The summed E-state index contributed by atoms with van der Waals surface area (Å²) < 4.78 is 4.85. The lowest BCUT2D eigenvalue weighted by molar-refractivity contribution is 0.491. The molecule has 0 unspecified atom stereocenters. The highest BCUT2D eigenvalue weighted by atomic mass is 32.2. The topological polar surface area (TPSA) is 21.3 Å². The molecule has 1 N–H and O–H groups in total. The minimum absolute atomic E-state index is 0.933. The highest BCUT2D eigenvalue weighted by Gasteiger charge is 2.09. The van der Waals surface area contributed by atoms with Gasteiger partial charge in [-0.3, -0.25) is 5.48 Å². The van der Waals surface area contributed by atoms with Crippen molar-refractivity contribution in [2.75, 3.05) is 5.48 Å². The number of rotatable bonds is 0. The number of benzene rings is 1. The molecule has 0 aliphatic carbocycles. The van der Waals surface area contributed by atoms with Gasteiger partial charge in [-0.25, -0.2) is 0 Å². The third-order valence-electron chi connectivity index (χ3n) is 1.09. The van der Waals surface area contributed by atoms with E-state index in [0.717, 1.165) is 10.6 Å². The second kappa shape index (κ2) is 1.93. The molecule has 0 atom stereocenters. The highest BCUT2D eigenvalue weighted by molar-refractivity contribution is 7.95. The van der Waals surface area contributed by atoms with Gasteiger partial charge >= 0.3 is 0 Å². The molecular weight excluding hydrogens is 134 g/mol. The maximum atomic E-state index is 4.85. The number of anilines is 1. The van der Waals surface area contributed by atoms with Crippen molar-refractivity contribution in [3.8, 4) is 0 Å². The van der Waals surface area contributed by atoms with Crippen LogP contribution in [-0.4, -0.2) is 0 Å². The summed E-state index contributed by atoms with van der Waals surface area (Å²) in [5.74, 6) is 0. The molecule has 0 spiro atoms. The van der Waals surface area contributed by atoms with E-state index in [1.807, 2.05) is 18.2 Å². The van der Waals surface area contributed by atoms with E-state index < -0.39 is 0 Å². The van der Waals surface area contributed by atoms with E-state index >= 15 is 0 Å². The standard InChI is InChI=1S/C6H4NOS/c1-2-4-6-5(3-1)7-8-9-6/h1-2,4,7H. The molecule has 2 nitrogen and oxygen atoms in total. The van der Waals surface area contributed by atoms with Crippen LogP contribution in [0.2, 0.25) is 0 Å². The maximum Gasteiger partial charge on any atom is 0.0855 e. The van der Waals surface area contributed by atoms with E-state index in [1.54, 1.807) is 0 Å². The van der Waals surface area contributed by atoms with Crippen LogP contribution in [-0.2, 0) is 4.28 Å². The Morgan fingerprint density at radius 1 is 1.67 bits per heavy atom. The fourth-order valence-electron chi connectivity index (χ4n) is 0.678. The van der Waals surface area contributed by atoms with E-state index in [-0.39, 0.29) is 0 Å². The molecular formula is C6H4NOS. The Bertz CT molecular complexity index is 203. The van der Waals surface area contributed by atoms with Crippen molar-refractivity contribution in [3.05, 3.63) is 24.3 Å². The molecule has 0 fully saturated rings. The van der Waals surface area contributed by atoms with Crippen LogP contribution in [0.3, 0.4) is 0 Å². The van der Waals surface area contributed by atoms with Crippen molar-refractivity contribution in [1.82, 2.24) is 0 Å². The third kappa shape index (κ3) is 0.781. The fourth-order valence-corrected chi connectivity index (χ4v) is 1.21. The Hall–Kier alpha value is -0.670. The molecule has 0 saturated heterocycles. The first-order valence-corrected chi connectivity index (χ1v) is 3.31. The van der Waals surface area contributed by atoms with Gasteiger partial charge < -0.3 is 0 Å². The van der Waals surface area contributed by atoms with E-state index in [4.69, 9.17) is 4.28 Å². The molecule has 1 aliphatic rings. The SMILES string of the molecule is [c]1cccc2c1NOS2. The first-order valence-electron chi connectivity index (χ1n) is 2.57. The lowest BCUT2D eigenvalue weighted by atomic mass is 10.3. The molecule has 0 amide bonds. The van der Waals surface area contributed by atoms with E-state index in [9.17, 15) is 0 Å². The molecule has 0 aromatic heterocycles. The first-order chi connectivity index (χ1) is 4.47. The zero-order valence-electron chi connectivity index (χ0n) is 4.55. The van der Waals surface area contributed by atoms with Gasteiger partial charge in [0.1, 0.15) is 0 Å². The Kier molecular flexibility index (Phi) is 1.10. The normalized spacial score (nSPS) is 14.7. The number of fused-ring (bicyclic) bond motifs is 1. The summed E-state index contributed by atoms with van der Waals surface area (Å²) in [7, 11) is 0. The van der Waals surface area contributed by atoms with Crippen LogP contribution in [0.25, 0.3) is 0 Å². The number of para-hydroxylation sites is 1. The molecule has 3 heteroatoms. The first kappa shape index (κ1) is 5.14. The molecule has 1 aromatic rings. The quantitative estimate of drug-likeness (QED) is 0.553. The van der Waals surface area contributed by atoms with Gasteiger partial charge in [0, 0.05) is 6.07 Å². The minimum Gasteiger partial charge on any atom is -0.252 e. The summed E-state index contributed by atoms with van der Waals surface area (Å²) in [6.07, 6.45) is 0. The van der Waals surface area contributed by atoms with Crippen molar-refractivity contribution < 1.29 is 4.28 Å². The zero-order chi connectivity index (χ0) is 6.10. The highest BCUT2D eigenvalue weighted by Crippen LogP contribution is 2.33. The van der Waals surface area contributed by atoms with Gasteiger partial charge in [0.2, 0.25) is 0 Å². The lowest BCUT2D eigenvalue weighted by Crippen LogP contribution is -1.83. The van der Waals surface area contributed by atoms with Crippen LogP contribution in [0.4, 0.5) is 5.69 Å². The van der Waals surface area contributed by atoms with Crippen molar-refractivity contribution >= 4 is 17.7 Å². The van der Waals surface area contributed by atoms with Crippen LogP contribution < -0.4 is 5.48 Å². The van der Waals surface area contributed by atoms with Gasteiger partial charge in [0.25, 0.3) is 0 Å². The maximum absolute atomic E-state index is 4.85. The van der Waals surface area contributed by atoms with Crippen molar-refractivity contribution in [3.63, 3.8) is 0 Å². The summed E-state index contributed by atoms with van der Waals surface area (Å²) in [5.41, 5.74) is 3.64. The van der Waals surface area contributed by atoms with Crippen molar-refractivity contribution in [2.45, 2.75) is 4.90 Å². The number of nitrogens with one attached hydrogen (secondary N) is 1.